The van der Waals surface area contributed by atoms with Gasteiger partial charge in [-0.3, -0.25) is 4.79 Å². The number of ether oxygens (including phenoxy) is 1. The lowest BCUT2D eigenvalue weighted by Gasteiger charge is -2.28. The summed E-state index contributed by atoms with van der Waals surface area (Å²) in [5.41, 5.74) is 0.621. The van der Waals surface area contributed by atoms with E-state index in [0.717, 1.165) is 19.6 Å². The lowest BCUT2D eigenvalue weighted by molar-refractivity contribution is -0.145. The number of hydrogen-bond acceptors (Lipinski definition) is 4. The zero-order valence-electron chi connectivity index (χ0n) is 15.4. The van der Waals surface area contributed by atoms with Gasteiger partial charge in [0.15, 0.2) is 0 Å². The first-order valence-corrected chi connectivity index (χ1v) is 8.90. The molecule has 1 unspecified atom stereocenters. The van der Waals surface area contributed by atoms with Gasteiger partial charge < -0.3 is 19.9 Å². The first-order chi connectivity index (χ1) is 11.9. The smallest absolute Gasteiger partial charge is 0.321 e. The van der Waals surface area contributed by atoms with E-state index in [4.69, 9.17) is 16.3 Å². The van der Waals surface area contributed by atoms with Crippen molar-refractivity contribution in [3.63, 3.8) is 0 Å². The van der Waals surface area contributed by atoms with Crippen LogP contribution in [0.15, 0.2) is 24.3 Å². The van der Waals surface area contributed by atoms with Gasteiger partial charge in [-0.15, -0.1) is 0 Å². The Morgan fingerprint density at radius 2 is 1.92 bits per heavy atom. The fourth-order valence-electron chi connectivity index (χ4n) is 2.45. The number of carbonyl (C=O) groups excluding carboxylic acids is 2. The fourth-order valence-corrected chi connectivity index (χ4v) is 2.64. The third kappa shape index (κ3) is 7.32. The van der Waals surface area contributed by atoms with E-state index in [-0.39, 0.29) is 12.0 Å². The quantitative estimate of drug-likeness (QED) is 0.678. The number of benzene rings is 1. The van der Waals surface area contributed by atoms with Crippen LogP contribution in [-0.2, 0) is 9.53 Å². The van der Waals surface area contributed by atoms with Crippen LogP contribution >= 0.6 is 11.6 Å². The molecule has 1 atom stereocenters. The van der Waals surface area contributed by atoms with Crippen molar-refractivity contribution in [3.8, 4) is 0 Å². The molecule has 0 aliphatic carbocycles. The molecule has 0 saturated carbocycles. The van der Waals surface area contributed by atoms with Gasteiger partial charge >= 0.3 is 12.0 Å². The van der Waals surface area contributed by atoms with Gasteiger partial charge in [-0.1, -0.05) is 38.4 Å². The Kier molecular flexibility index (Phi) is 9.31. The van der Waals surface area contributed by atoms with Gasteiger partial charge in [0.2, 0.25) is 0 Å². The van der Waals surface area contributed by atoms with Crippen molar-refractivity contribution in [2.75, 3.05) is 45.2 Å². The van der Waals surface area contributed by atoms with Crippen molar-refractivity contribution < 1.29 is 14.3 Å². The zero-order chi connectivity index (χ0) is 18.8. The maximum Gasteiger partial charge on any atom is 0.321 e. The Hall–Kier alpha value is -1.79. The van der Waals surface area contributed by atoms with Crippen molar-refractivity contribution in [2.45, 2.75) is 20.8 Å². The van der Waals surface area contributed by atoms with Crippen LogP contribution in [0.4, 0.5) is 10.5 Å². The van der Waals surface area contributed by atoms with Crippen LogP contribution < -0.4 is 5.32 Å². The maximum atomic E-state index is 12.7. The van der Waals surface area contributed by atoms with E-state index in [1.54, 1.807) is 36.1 Å². The number of methoxy groups -OCH3 is 1. The molecule has 0 radical (unpaired) electrons. The molecule has 1 rings (SSSR count). The van der Waals surface area contributed by atoms with Gasteiger partial charge in [-0.05, 0) is 31.3 Å². The molecule has 7 heteroatoms. The minimum atomic E-state index is -0.396. The van der Waals surface area contributed by atoms with Gasteiger partial charge in [-0.25, -0.2) is 4.79 Å². The summed E-state index contributed by atoms with van der Waals surface area (Å²) in [6.07, 6.45) is 0. The summed E-state index contributed by atoms with van der Waals surface area (Å²) in [5.74, 6) is -0.727. The summed E-state index contributed by atoms with van der Waals surface area (Å²) >= 11 is 5.96. The van der Waals surface area contributed by atoms with Crippen molar-refractivity contribution in [3.05, 3.63) is 29.3 Å². The number of esters is 1. The molecule has 140 valence electrons. The minimum Gasteiger partial charge on any atom is -0.469 e. The lowest BCUT2D eigenvalue weighted by Crippen LogP contribution is -2.44. The highest BCUT2D eigenvalue weighted by Crippen LogP contribution is 2.16. The molecular weight excluding hydrogens is 342 g/mol. The monoisotopic (exact) mass is 369 g/mol. The van der Waals surface area contributed by atoms with Crippen molar-refractivity contribution >= 4 is 29.3 Å². The van der Waals surface area contributed by atoms with E-state index < -0.39 is 5.92 Å². The summed E-state index contributed by atoms with van der Waals surface area (Å²) in [7, 11) is 1.35. The number of nitrogens with one attached hydrogen (secondary N) is 1. The number of anilines is 1. The SMILES string of the molecule is CCN(CC)CCN(CC(C)C(=O)OC)C(=O)Nc1cccc(Cl)c1. The van der Waals surface area contributed by atoms with E-state index in [2.05, 4.69) is 24.1 Å². The van der Waals surface area contributed by atoms with Gasteiger partial charge in [0, 0.05) is 30.3 Å². The molecule has 2 amide bonds. The standard InChI is InChI=1S/C18H28ClN3O3/c1-5-21(6-2)10-11-22(13-14(3)17(23)25-4)18(24)20-16-9-7-8-15(19)12-16/h7-9,12,14H,5-6,10-11,13H2,1-4H3,(H,20,24). The number of likely N-dealkylation sites (N-methyl/N-ethyl adjacent to an activating group) is 1. The lowest BCUT2D eigenvalue weighted by atomic mass is 10.1. The molecule has 0 spiro atoms. The predicted molar refractivity (Wildman–Crippen MR) is 101 cm³/mol. The normalized spacial score (nSPS) is 11.9. The summed E-state index contributed by atoms with van der Waals surface area (Å²) in [5, 5.41) is 3.39. The second-order valence-electron chi connectivity index (χ2n) is 5.84. The summed E-state index contributed by atoms with van der Waals surface area (Å²) < 4.78 is 4.77. The van der Waals surface area contributed by atoms with Crippen LogP contribution in [-0.4, -0.2) is 61.6 Å². The molecule has 0 aromatic heterocycles. The highest BCUT2D eigenvalue weighted by molar-refractivity contribution is 6.30. The molecule has 1 N–H and O–H groups in total. The Bertz CT molecular complexity index is 564. The van der Waals surface area contributed by atoms with Gasteiger partial charge in [-0.2, -0.15) is 0 Å². The van der Waals surface area contributed by atoms with Crippen molar-refractivity contribution in [1.29, 1.82) is 0 Å². The summed E-state index contributed by atoms with van der Waals surface area (Å²) in [6.45, 7) is 9.29. The number of amides is 2. The molecule has 0 heterocycles. The third-order valence-corrected chi connectivity index (χ3v) is 4.28. The van der Waals surface area contributed by atoms with Crippen LogP contribution in [0.5, 0.6) is 0 Å². The van der Waals surface area contributed by atoms with Crippen LogP contribution in [0.25, 0.3) is 0 Å². The molecule has 6 nitrogen and oxygen atoms in total. The Labute approximate surface area is 155 Å². The second kappa shape index (κ2) is 10.9. The minimum absolute atomic E-state index is 0.259. The summed E-state index contributed by atoms with van der Waals surface area (Å²) in [4.78, 5) is 28.2. The Morgan fingerprint density at radius 1 is 1.24 bits per heavy atom. The average molecular weight is 370 g/mol. The van der Waals surface area contributed by atoms with E-state index >= 15 is 0 Å². The maximum absolute atomic E-state index is 12.7. The highest BCUT2D eigenvalue weighted by Gasteiger charge is 2.22. The number of hydrogen-bond donors (Lipinski definition) is 1. The molecule has 0 aliphatic heterocycles. The number of rotatable bonds is 9. The number of nitrogens with zero attached hydrogens (tertiary/aromatic N) is 2. The van der Waals surface area contributed by atoms with Crippen molar-refractivity contribution in [2.24, 2.45) is 5.92 Å². The first-order valence-electron chi connectivity index (χ1n) is 8.52. The number of carbonyl (C=O) groups is 2. The van der Waals surface area contributed by atoms with Gasteiger partial charge in [0.1, 0.15) is 0 Å². The number of urea groups is 1. The molecule has 0 fully saturated rings. The topological polar surface area (TPSA) is 61.9 Å². The zero-order valence-corrected chi connectivity index (χ0v) is 16.2. The molecule has 0 aliphatic rings. The van der Waals surface area contributed by atoms with Crippen LogP contribution in [0.2, 0.25) is 5.02 Å². The average Bonchev–Trinajstić information content (AvgIpc) is 2.60. The first kappa shape index (κ1) is 21.3. The fraction of sp³-hybridized carbons (Fsp3) is 0.556. The molecule has 1 aromatic rings. The van der Waals surface area contributed by atoms with Gasteiger partial charge in [0.25, 0.3) is 0 Å². The Morgan fingerprint density at radius 3 is 2.48 bits per heavy atom. The summed E-state index contributed by atoms with van der Waals surface area (Å²) in [6, 6.07) is 6.72. The van der Waals surface area contributed by atoms with Crippen LogP contribution in [0.1, 0.15) is 20.8 Å². The van der Waals surface area contributed by atoms with E-state index in [9.17, 15) is 9.59 Å². The molecule has 0 bridgehead atoms. The van der Waals surface area contributed by atoms with Gasteiger partial charge in [0.05, 0.1) is 13.0 Å². The largest absolute Gasteiger partial charge is 0.469 e. The Balaban J connectivity index is 2.80. The predicted octanol–water partition coefficient (Wildman–Crippen LogP) is 3.32. The number of halogens is 1. The third-order valence-electron chi connectivity index (χ3n) is 4.04. The molecule has 1 aromatic carbocycles. The van der Waals surface area contributed by atoms with Crippen LogP contribution in [0, 0.1) is 5.92 Å². The van der Waals surface area contributed by atoms with E-state index in [1.165, 1.54) is 7.11 Å². The van der Waals surface area contributed by atoms with E-state index in [0.29, 0.717) is 23.8 Å². The molecular formula is C18H28ClN3O3. The molecule has 25 heavy (non-hydrogen) atoms. The van der Waals surface area contributed by atoms with E-state index in [1.807, 2.05) is 0 Å². The second-order valence-corrected chi connectivity index (χ2v) is 6.27. The molecule has 0 saturated heterocycles. The highest BCUT2D eigenvalue weighted by atomic mass is 35.5. The van der Waals surface area contributed by atoms with Crippen LogP contribution in [0.3, 0.4) is 0 Å². The van der Waals surface area contributed by atoms with Crippen molar-refractivity contribution in [1.82, 2.24) is 9.80 Å².